The van der Waals surface area contributed by atoms with Crippen molar-refractivity contribution in [2.24, 2.45) is 11.3 Å². The lowest BCUT2D eigenvalue weighted by Gasteiger charge is -2.28. The summed E-state index contributed by atoms with van der Waals surface area (Å²) in [5.74, 6) is 1.10. The number of rotatable bonds is 7. The van der Waals surface area contributed by atoms with Gasteiger partial charge in [-0.05, 0) is 50.8 Å². The molecule has 0 radical (unpaired) electrons. The average Bonchev–Trinajstić information content (AvgIpc) is 2.61. The molecule has 0 unspecified atom stereocenters. The lowest BCUT2D eigenvalue weighted by Crippen LogP contribution is -2.42. The number of hydrogen-bond acceptors (Lipinski definition) is 4. The molecule has 1 N–H and O–H groups in total. The molecule has 146 valence electrons. The maximum absolute atomic E-state index is 13.0. The fraction of sp³-hybridized carbons (Fsp3) is 0.632. The van der Waals surface area contributed by atoms with Crippen LogP contribution in [0.2, 0.25) is 0 Å². The zero-order valence-corrected chi connectivity index (χ0v) is 17.1. The van der Waals surface area contributed by atoms with Gasteiger partial charge in [-0.1, -0.05) is 20.8 Å². The van der Waals surface area contributed by atoms with Crippen molar-refractivity contribution in [3.05, 3.63) is 18.2 Å². The van der Waals surface area contributed by atoms with E-state index in [0.717, 1.165) is 6.42 Å². The van der Waals surface area contributed by atoms with Crippen LogP contribution in [0.25, 0.3) is 0 Å². The molecule has 0 saturated carbocycles. The van der Waals surface area contributed by atoms with Gasteiger partial charge in [0.2, 0.25) is 15.9 Å². The number of fused-ring (bicyclic) bond motifs is 1. The molecule has 0 fully saturated rings. The molecule has 26 heavy (non-hydrogen) atoms. The van der Waals surface area contributed by atoms with Gasteiger partial charge in [-0.3, -0.25) is 9.52 Å². The van der Waals surface area contributed by atoms with E-state index in [9.17, 15) is 13.2 Å². The summed E-state index contributed by atoms with van der Waals surface area (Å²) in [6.07, 6.45) is 1.39. The van der Waals surface area contributed by atoms with Crippen LogP contribution in [0.4, 0.5) is 11.4 Å². The number of carbonyl (C=O) groups excluding carboxylic acids is 1. The Morgan fingerprint density at radius 2 is 2.00 bits per heavy atom. The molecule has 1 amide bonds. The van der Waals surface area contributed by atoms with E-state index in [-0.39, 0.29) is 18.3 Å². The van der Waals surface area contributed by atoms with Crippen LogP contribution in [-0.4, -0.2) is 33.2 Å². The minimum atomic E-state index is -3.39. The SMILES string of the molecule is CCCS(=O)(=O)Nc1ccc2c(c1)N(CCC(C)C)C(=O)C(C)(C)CO2. The van der Waals surface area contributed by atoms with Crippen molar-refractivity contribution in [3.8, 4) is 5.75 Å². The van der Waals surface area contributed by atoms with E-state index in [1.54, 1.807) is 23.1 Å². The summed E-state index contributed by atoms with van der Waals surface area (Å²) < 4.78 is 32.6. The van der Waals surface area contributed by atoms with Gasteiger partial charge in [-0.2, -0.15) is 0 Å². The predicted molar refractivity (Wildman–Crippen MR) is 105 cm³/mol. The number of hydrogen-bond donors (Lipinski definition) is 1. The number of sulfonamides is 1. The van der Waals surface area contributed by atoms with Crippen molar-refractivity contribution < 1.29 is 17.9 Å². The summed E-state index contributed by atoms with van der Waals surface area (Å²) in [5, 5.41) is 0. The number of amides is 1. The molecule has 2 rings (SSSR count). The Hall–Kier alpha value is -1.76. The first-order valence-corrected chi connectivity index (χ1v) is 10.8. The first-order chi connectivity index (χ1) is 12.1. The molecule has 7 heteroatoms. The Bertz CT molecular complexity index is 757. The second kappa shape index (κ2) is 7.86. The summed E-state index contributed by atoms with van der Waals surface area (Å²) in [5.41, 5.74) is 0.429. The summed E-state index contributed by atoms with van der Waals surface area (Å²) in [7, 11) is -3.39. The third-order valence-electron chi connectivity index (χ3n) is 4.34. The van der Waals surface area contributed by atoms with E-state index in [2.05, 4.69) is 18.6 Å². The molecule has 0 aromatic heterocycles. The molecule has 0 saturated heterocycles. The second-order valence-corrected chi connectivity index (χ2v) is 9.76. The number of anilines is 2. The van der Waals surface area contributed by atoms with Gasteiger partial charge in [0.25, 0.3) is 0 Å². The molecule has 0 bridgehead atoms. The standard InChI is InChI=1S/C19H30N2O4S/c1-6-11-26(23,24)20-15-7-8-17-16(12-15)21(10-9-14(2)3)18(22)19(4,5)13-25-17/h7-8,12,14,20H,6,9-11,13H2,1-5H3. The largest absolute Gasteiger partial charge is 0.490 e. The quantitative estimate of drug-likeness (QED) is 0.781. The third-order valence-corrected chi connectivity index (χ3v) is 5.83. The normalized spacial score (nSPS) is 16.8. The lowest BCUT2D eigenvalue weighted by molar-refractivity contribution is -0.127. The third kappa shape index (κ3) is 4.90. The fourth-order valence-electron chi connectivity index (χ4n) is 2.82. The zero-order chi connectivity index (χ0) is 19.5. The molecule has 0 spiro atoms. The summed E-state index contributed by atoms with van der Waals surface area (Å²) >= 11 is 0. The molecule has 1 heterocycles. The van der Waals surface area contributed by atoms with Crippen LogP contribution in [0, 0.1) is 11.3 Å². The molecule has 6 nitrogen and oxygen atoms in total. The minimum absolute atomic E-state index is 0.00883. The highest BCUT2D eigenvalue weighted by molar-refractivity contribution is 7.92. The topological polar surface area (TPSA) is 75.7 Å². The number of benzene rings is 1. The number of ether oxygens (including phenoxy) is 1. The highest BCUT2D eigenvalue weighted by atomic mass is 32.2. The maximum Gasteiger partial charge on any atom is 0.236 e. The first-order valence-electron chi connectivity index (χ1n) is 9.15. The Morgan fingerprint density at radius 3 is 2.62 bits per heavy atom. The van der Waals surface area contributed by atoms with Gasteiger partial charge < -0.3 is 9.64 Å². The van der Waals surface area contributed by atoms with Crippen molar-refractivity contribution >= 4 is 27.3 Å². The Balaban J connectivity index is 2.41. The molecule has 1 aliphatic rings. The van der Waals surface area contributed by atoms with Gasteiger partial charge in [-0.15, -0.1) is 0 Å². The van der Waals surface area contributed by atoms with Crippen LogP contribution in [0.15, 0.2) is 18.2 Å². The van der Waals surface area contributed by atoms with Crippen molar-refractivity contribution in [2.45, 2.75) is 47.5 Å². The highest BCUT2D eigenvalue weighted by Gasteiger charge is 2.37. The summed E-state index contributed by atoms with van der Waals surface area (Å²) in [4.78, 5) is 14.8. The summed E-state index contributed by atoms with van der Waals surface area (Å²) in [6.45, 7) is 10.6. The number of nitrogens with one attached hydrogen (secondary N) is 1. The van der Waals surface area contributed by atoms with Crippen LogP contribution in [0.1, 0.15) is 47.5 Å². The van der Waals surface area contributed by atoms with Gasteiger partial charge in [0.05, 0.1) is 22.5 Å². The fourth-order valence-corrected chi connectivity index (χ4v) is 3.94. The van der Waals surface area contributed by atoms with Gasteiger partial charge in [0, 0.05) is 6.54 Å². The molecular weight excluding hydrogens is 352 g/mol. The molecule has 0 aliphatic carbocycles. The van der Waals surface area contributed by atoms with Crippen molar-refractivity contribution in [2.75, 3.05) is 28.5 Å². The highest BCUT2D eigenvalue weighted by Crippen LogP contribution is 2.38. The second-order valence-electron chi connectivity index (χ2n) is 7.92. The molecule has 1 aromatic carbocycles. The molecule has 1 aromatic rings. The van der Waals surface area contributed by atoms with Gasteiger partial charge >= 0.3 is 0 Å². The smallest absolute Gasteiger partial charge is 0.236 e. The Morgan fingerprint density at radius 1 is 1.31 bits per heavy atom. The molecule has 1 aliphatic heterocycles. The maximum atomic E-state index is 13.0. The van der Waals surface area contributed by atoms with E-state index in [1.807, 2.05) is 20.8 Å². The molecular formula is C19H30N2O4S. The zero-order valence-electron chi connectivity index (χ0n) is 16.3. The average molecular weight is 383 g/mol. The van der Waals surface area contributed by atoms with E-state index in [4.69, 9.17) is 4.74 Å². The van der Waals surface area contributed by atoms with Crippen LogP contribution in [-0.2, 0) is 14.8 Å². The Kier molecular flexibility index (Phi) is 6.21. The van der Waals surface area contributed by atoms with Gasteiger partial charge in [-0.25, -0.2) is 8.42 Å². The first kappa shape index (κ1) is 20.6. The van der Waals surface area contributed by atoms with Gasteiger partial charge in [0.1, 0.15) is 12.4 Å². The minimum Gasteiger partial charge on any atom is -0.490 e. The monoisotopic (exact) mass is 382 g/mol. The van der Waals surface area contributed by atoms with E-state index in [1.165, 1.54) is 0 Å². The van der Waals surface area contributed by atoms with Crippen molar-refractivity contribution in [1.29, 1.82) is 0 Å². The van der Waals surface area contributed by atoms with Crippen molar-refractivity contribution in [1.82, 2.24) is 0 Å². The van der Waals surface area contributed by atoms with Crippen molar-refractivity contribution in [3.63, 3.8) is 0 Å². The summed E-state index contributed by atoms with van der Waals surface area (Å²) in [6, 6.07) is 5.10. The van der Waals surface area contributed by atoms with Crippen LogP contribution in [0.5, 0.6) is 5.75 Å². The van der Waals surface area contributed by atoms with Gasteiger partial charge in [0.15, 0.2) is 0 Å². The van der Waals surface area contributed by atoms with E-state index >= 15 is 0 Å². The van der Waals surface area contributed by atoms with Crippen LogP contribution >= 0.6 is 0 Å². The van der Waals surface area contributed by atoms with Crippen LogP contribution in [0.3, 0.4) is 0 Å². The van der Waals surface area contributed by atoms with Crippen LogP contribution < -0.4 is 14.4 Å². The number of nitrogens with zero attached hydrogens (tertiary/aromatic N) is 1. The van der Waals surface area contributed by atoms with E-state index in [0.29, 0.717) is 36.0 Å². The van der Waals surface area contributed by atoms with E-state index < -0.39 is 15.4 Å². The lowest BCUT2D eigenvalue weighted by atomic mass is 9.92. The molecule has 0 atom stereocenters. The Labute approximate surface area is 157 Å². The predicted octanol–water partition coefficient (Wildman–Crippen LogP) is 3.64. The number of carbonyl (C=O) groups is 1.